The monoisotopic (exact) mass is 339 g/mol. The summed E-state index contributed by atoms with van der Waals surface area (Å²) in [6.45, 7) is 0. The Balaban J connectivity index is 2.32. The quantitative estimate of drug-likeness (QED) is 0.640. The van der Waals surface area contributed by atoms with Crippen LogP contribution in [0.25, 0.3) is 10.8 Å². The van der Waals surface area contributed by atoms with E-state index in [1.165, 1.54) is 0 Å². The highest BCUT2D eigenvalue weighted by Crippen LogP contribution is 2.40. The molecule has 0 fully saturated rings. The second-order valence-corrected chi connectivity index (χ2v) is 5.48. The average Bonchev–Trinajstić information content (AvgIpc) is 2.69. The third-order valence-corrected chi connectivity index (χ3v) is 4.31. The van der Waals surface area contributed by atoms with Crippen LogP contribution in [0.15, 0.2) is 54.7 Å². The minimum Gasteiger partial charge on any atom is -0.493 e. The number of methoxy groups -OCH3 is 4. The molecular formula is C20H21NO4. The maximum Gasteiger partial charge on any atom is 0.239 e. The highest BCUT2D eigenvalue weighted by Gasteiger charge is 2.37. The minimum atomic E-state index is -1.12. The van der Waals surface area contributed by atoms with Gasteiger partial charge in [0, 0.05) is 31.4 Å². The first kappa shape index (κ1) is 17.2. The molecule has 0 radical (unpaired) electrons. The van der Waals surface area contributed by atoms with Gasteiger partial charge in [-0.1, -0.05) is 30.3 Å². The van der Waals surface area contributed by atoms with Crippen LogP contribution in [0.1, 0.15) is 11.3 Å². The molecule has 130 valence electrons. The maximum absolute atomic E-state index is 5.84. The molecule has 0 unspecified atom stereocenters. The number of aromatic nitrogens is 1. The summed E-state index contributed by atoms with van der Waals surface area (Å²) in [5.74, 6) is 0.158. The minimum absolute atomic E-state index is 0.624. The van der Waals surface area contributed by atoms with Crippen molar-refractivity contribution in [2.45, 2.75) is 5.79 Å². The van der Waals surface area contributed by atoms with Gasteiger partial charge < -0.3 is 18.9 Å². The van der Waals surface area contributed by atoms with Gasteiger partial charge in [0.05, 0.1) is 14.2 Å². The summed E-state index contributed by atoms with van der Waals surface area (Å²) in [4.78, 5) is 4.58. The fourth-order valence-corrected chi connectivity index (χ4v) is 3.07. The number of ether oxygens (including phenoxy) is 4. The van der Waals surface area contributed by atoms with Crippen LogP contribution >= 0.6 is 0 Å². The molecule has 0 amide bonds. The molecule has 0 spiro atoms. The highest BCUT2D eigenvalue weighted by molar-refractivity contribution is 5.88. The zero-order valence-corrected chi connectivity index (χ0v) is 14.8. The molecule has 1 aromatic heterocycles. The van der Waals surface area contributed by atoms with Crippen molar-refractivity contribution in [3.63, 3.8) is 0 Å². The summed E-state index contributed by atoms with van der Waals surface area (Å²) in [6.07, 6.45) is 1.74. The van der Waals surface area contributed by atoms with Crippen LogP contribution in [0.3, 0.4) is 0 Å². The van der Waals surface area contributed by atoms with Crippen molar-refractivity contribution in [3.05, 3.63) is 66.0 Å². The summed E-state index contributed by atoms with van der Waals surface area (Å²) < 4.78 is 22.5. The van der Waals surface area contributed by atoms with Crippen molar-refractivity contribution in [2.75, 3.05) is 28.4 Å². The molecule has 25 heavy (non-hydrogen) atoms. The van der Waals surface area contributed by atoms with E-state index < -0.39 is 5.79 Å². The van der Waals surface area contributed by atoms with Crippen LogP contribution in [0.2, 0.25) is 0 Å². The number of fused-ring (bicyclic) bond motifs is 1. The van der Waals surface area contributed by atoms with Gasteiger partial charge in [-0.2, -0.15) is 0 Å². The topological polar surface area (TPSA) is 49.8 Å². The van der Waals surface area contributed by atoms with Gasteiger partial charge in [-0.25, -0.2) is 0 Å². The van der Waals surface area contributed by atoms with Crippen molar-refractivity contribution in [3.8, 4) is 11.5 Å². The fraction of sp³-hybridized carbons (Fsp3) is 0.250. The third-order valence-electron chi connectivity index (χ3n) is 4.31. The lowest BCUT2D eigenvalue weighted by Gasteiger charge is -2.31. The van der Waals surface area contributed by atoms with Gasteiger partial charge in [0.25, 0.3) is 0 Å². The maximum atomic E-state index is 5.84. The molecule has 5 nitrogen and oxygen atoms in total. The second-order valence-electron chi connectivity index (χ2n) is 5.48. The molecule has 2 aromatic carbocycles. The smallest absolute Gasteiger partial charge is 0.239 e. The summed E-state index contributed by atoms with van der Waals surface area (Å²) in [7, 11) is 6.44. The number of benzene rings is 2. The van der Waals surface area contributed by atoms with E-state index in [1.807, 2.05) is 48.5 Å². The molecule has 3 rings (SSSR count). The Labute approximate surface area is 147 Å². The lowest BCUT2D eigenvalue weighted by Crippen LogP contribution is -2.33. The van der Waals surface area contributed by atoms with Crippen molar-refractivity contribution >= 4 is 10.8 Å². The van der Waals surface area contributed by atoms with Crippen molar-refractivity contribution in [1.82, 2.24) is 4.98 Å². The van der Waals surface area contributed by atoms with Crippen LogP contribution < -0.4 is 9.47 Å². The van der Waals surface area contributed by atoms with Gasteiger partial charge in [0.1, 0.15) is 5.69 Å². The van der Waals surface area contributed by atoms with E-state index in [2.05, 4.69) is 4.98 Å². The van der Waals surface area contributed by atoms with Crippen LogP contribution in [-0.2, 0) is 15.3 Å². The largest absolute Gasteiger partial charge is 0.493 e. The Bertz CT molecular complexity index is 860. The Kier molecular flexibility index (Phi) is 4.88. The van der Waals surface area contributed by atoms with E-state index >= 15 is 0 Å². The predicted molar refractivity (Wildman–Crippen MR) is 96.1 cm³/mol. The number of hydrogen-bond donors (Lipinski definition) is 0. The van der Waals surface area contributed by atoms with Crippen LogP contribution in [-0.4, -0.2) is 33.4 Å². The van der Waals surface area contributed by atoms with Gasteiger partial charge >= 0.3 is 0 Å². The molecule has 3 aromatic rings. The van der Waals surface area contributed by atoms with Gasteiger partial charge in [0.15, 0.2) is 11.5 Å². The highest BCUT2D eigenvalue weighted by atomic mass is 16.7. The van der Waals surface area contributed by atoms with E-state index in [-0.39, 0.29) is 0 Å². The van der Waals surface area contributed by atoms with E-state index in [0.29, 0.717) is 17.2 Å². The number of hydrogen-bond acceptors (Lipinski definition) is 5. The summed E-state index contributed by atoms with van der Waals surface area (Å²) in [6, 6.07) is 15.5. The SMILES string of the molecule is COc1cc2ccnc(C(OC)(OC)c3ccccc3)c2cc1OC. The van der Waals surface area contributed by atoms with E-state index in [0.717, 1.165) is 16.3 Å². The van der Waals surface area contributed by atoms with Crippen molar-refractivity contribution < 1.29 is 18.9 Å². The molecule has 0 saturated heterocycles. The van der Waals surface area contributed by atoms with Gasteiger partial charge in [-0.15, -0.1) is 0 Å². The van der Waals surface area contributed by atoms with Crippen LogP contribution in [0, 0.1) is 0 Å². The van der Waals surface area contributed by atoms with Crippen molar-refractivity contribution in [1.29, 1.82) is 0 Å². The Morgan fingerprint density at radius 2 is 1.44 bits per heavy atom. The van der Waals surface area contributed by atoms with E-state index in [4.69, 9.17) is 18.9 Å². The third kappa shape index (κ3) is 2.81. The molecule has 0 N–H and O–H groups in total. The molecule has 0 aliphatic carbocycles. The van der Waals surface area contributed by atoms with Crippen LogP contribution in [0.4, 0.5) is 0 Å². The fourth-order valence-electron chi connectivity index (χ4n) is 3.07. The van der Waals surface area contributed by atoms with Gasteiger partial charge in [0.2, 0.25) is 5.79 Å². The zero-order chi connectivity index (χ0) is 17.9. The van der Waals surface area contributed by atoms with E-state index in [9.17, 15) is 0 Å². The number of rotatable bonds is 6. The summed E-state index contributed by atoms with van der Waals surface area (Å²) in [5.41, 5.74) is 1.51. The van der Waals surface area contributed by atoms with Crippen molar-refractivity contribution in [2.24, 2.45) is 0 Å². The standard InChI is InChI=1S/C20H21NO4/c1-22-17-12-14-10-11-21-19(16(14)13-18(17)23-2)20(24-3,25-4)15-8-6-5-7-9-15/h5-13H,1-4H3. The first-order valence-electron chi connectivity index (χ1n) is 7.87. The molecule has 0 aliphatic heterocycles. The Hall–Kier alpha value is -2.63. The van der Waals surface area contributed by atoms with E-state index in [1.54, 1.807) is 34.6 Å². The lowest BCUT2D eigenvalue weighted by molar-refractivity contribution is -0.185. The first-order valence-corrected chi connectivity index (χ1v) is 7.87. The Morgan fingerprint density at radius 3 is 2.04 bits per heavy atom. The number of nitrogens with zero attached hydrogens (tertiary/aromatic N) is 1. The molecule has 5 heteroatoms. The zero-order valence-electron chi connectivity index (χ0n) is 14.8. The first-order chi connectivity index (χ1) is 12.2. The molecule has 1 heterocycles. The second kappa shape index (κ2) is 7.09. The Morgan fingerprint density at radius 1 is 0.800 bits per heavy atom. The molecule has 0 bridgehead atoms. The normalized spacial score (nSPS) is 11.5. The molecule has 0 atom stereocenters. The average molecular weight is 339 g/mol. The van der Waals surface area contributed by atoms with Gasteiger partial charge in [-0.3, -0.25) is 4.98 Å². The number of pyridine rings is 1. The lowest BCUT2D eigenvalue weighted by atomic mass is 9.96. The molecule has 0 aliphatic rings. The van der Waals surface area contributed by atoms with Gasteiger partial charge in [-0.05, 0) is 23.6 Å². The predicted octanol–water partition coefficient (Wildman–Crippen LogP) is 3.75. The summed E-state index contributed by atoms with van der Waals surface area (Å²) in [5, 5.41) is 1.82. The molecule has 0 saturated carbocycles. The molecular weight excluding hydrogens is 318 g/mol. The van der Waals surface area contributed by atoms with Crippen LogP contribution in [0.5, 0.6) is 11.5 Å². The summed E-state index contributed by atoms with van der Waals surface area (Å²) >= 11 is 0.